The maximum Gasteiger partial charge on any atom is 0.326 e. The second-order valence-corrected chi connectivity index (χ2v) is 4.00. The number of hydrogen-bond acceptors (Lipinski definition) is 4. The predicted molar refractivity (Wildman–Crippen MR) is 57.2 cm³/mol. The lowest BCUT2D eigenvalue weighted by Crippen LogP contribution is -2.44. The van der Waals surface area contributed by atoms with Crippen molar-refractivity contribution in [2.24, 2.45) is 0 Å². The first-order chi connectivity index (χ1) is 7.36. The second kappa shape index (κ2) is 4.82. The van der Waals surface area contributed by atoms with Gasteiger partial charge in [0, 0.05) is 7.05 Å². The van der Waals surface area contributed by atoms with Gasteiger partial charge in [-0.1, -0.05) is 12.2 Å². The van der Waals surface area contributed by atoms with Crippen LogP contribution in [-0.4, -0.2) is 58.4 Å². The van der Waals surface area contributed by atoms with Crippen LogP contribution in [0, 0.1) is 0 Å². The predicted octanol–water partition coefficient (Wildman–Crippen LogP) is -0.0707. The highest BCUT2D eigenvalue weighted by molar-refractivity contribution is 5.77. The van der Waals surface area contributed by atoms with Crippen molar-refractivity contribution in [2.75, 3.05) is 13.7 Å². The maximum absolute atomic E-state index is 11.6. The fraction of sp³-hybridized carbons (Fsp3) is 0.700. The number of likely N-dealkylation sites (N-methyl/N-ethyl adjacent to an activating group) is 1. The molecule has 1 aliphatic rings. The number of aliphatic hydroxyl groups excluding tert-OH is 2. The summed E-state index contributed by atoms with van der Waals surface area (Å²) in [4.78, 5) is 13.8. The molecule has 2 amide bonds. The van der Waals surface area contributed by atoms with E-state index in [0.29, 0.717) is 6.61 Å². The van der Waals surface area contributed by atoms with Crippen LogP contribution in [0.25, 0.3) is 0 Å². The Balaban J connectivity index is 2.65. The summed E-state index contributed by atoms with van der Waals surface area (Å²) >= 11 is 0. The number of hydrogen-bond donors (Lipinski definition) is 2. The van der Waals surface area contributed by atoms with Gasteiger partial charge in [0.15, 0.2) is 12.5 Å². The Hall–Kier alpha value is -1.11. The van der Waals surface area contributed by atoms with Crippen LogP contribution in [0.1, 0.15) is 13.8 Å². The topological polar surface area (TPSA) is 73.2 Å². The van der Waals surface area contributed by atoms with Gasteiger partial charge in [-0.05, 0) is 13.8 Å². The number of carbonyl (C=O) groups is 1. The molecule has 3 unspecified atom stereocenters. The van der Waals surface area contributed by atoms with Gasteiger partial charge in [0.2, 0.25) is 0 Å². The fourth-order valence-corrected chi connectivity index (χ4v) is 1.47. The molecule has 92 valence electrons. The number of nitrogens with zero attached hydrogens (tertiary/aromatic N) is 2. The molecule has 0 aromatic rings. The molecule has 1 rings (SSSR count). The van der Waals surface area contributed by atoms with E-state index in [9.17, 15) is 15.0 Å². The van der Waals surface area contributed by atoms with Gasteiger partial charge in [0.05, 0.1) is 6.61 Å². The summed E-state index contributed by atoms with van der Waals surface area (Å²) in [6.07, 6.45) is -3.10. The van der Waals surface area contributed by atoms with E-state index in [0.717, 1.165) is 15.4 Å². The van der Waals surface area contributed by atoms with Crippen molar-refractivity contribution in [3.8, 4) is 0 Å². The van der Waals surface area contributed by atoms with Crippen LogP contribution < -0.4 is 0 Å². The Labute approximate surface area is 94.7 Å². The minimum atomic E-state index is -1.27. The number of amides is 2. The normalized spacial score (nSPS) is 27.4. The molecule has 0 aliphatic carbocycles. The van der Waals surface area contributed by atoms with E-state index in [1.165, 1.54) is 7.05 Å². The third-order valence-corrected chi connectivity index (χ3v) is 2.43. The lowest BCUT2D eigenvalue weighted by atomic mass is 10.4. The fourth-order valence-electron chi connectivity index (χ4n) is 1.47. The first-order valence-corrected chi connectivity index (χ1v) is 5.03. The largest absolute Gasteiger partial charge is 0.369 e. The molecule has 0 spiro atoms. The van der Waals surface area contributed by atoms with Crippen molar-refractivity contribution >= 4 is 6.03 Å². The molecule has 1 aliphatic heterocycles. The van der Waals surface area contributed by atoms with Crippen molar-refractivity contribution in [1.29, 1.82) is 0 Å². The van der Waals surface area contributed by atoms with Gasteiger partial charge in [-0.3, -0.25) is 9.80 Å². The molecule has 3 atom stereocenters. The first kappa shape index (κ1) is 13.0. The number of rotatable bonds is 4. The van der Waals surface area contributed by atoms with Crippen LogP contribution in [0.2, 0.25) is 0 Å². The van der Waals surface area contributed by atoms with E-state index in [1.54, 1.807) is 13.8 Å². The SMILES string of the molecule is C=C(C)COC(C)N1C(=O)N(C)C(O)C1O. The molecule has 0 saturated carbocycles. The van der Waals surface area contributed by atoms with Crippen LogP contribution >= 0.6 is 0 Å². The molecule has 6 nitrogen and oxygen atoms in total. The summed E-state index contributed by atoms with van der Waals surface area (Å²) in [5.74, 6) is 0. The quantitative estimate of drug-likeness (QED) is 0.663. The lowest BCUT2D eigenvalue weighted by Gasteiger charge is -2.26. The van der Waals surface area contributed by atoms with Gasteiger partial charge in [-0.25, -0.2) is 4.79 Å². The average Bonchev–Trinajstić information content (AvgIpc) is 2.40. The van der Waals surface area contributed by atoms with Crippen molar-refractivity contribution in [2.45, 2.75) is 32.5 Å². The number of carbonyl (C=O) groups excluding carboxylic acids is 1. The Bertz CT molecular complexity index is 295. The molecule has 1 fully saturated rings. The molecule has 0 bridgehead atoms. The van der Waals surface area contributed by atoms with Crippen molar-refractivity contribution in [1.82, 2.24) is 9.80 Å². The number of aliphatic hydroxyl groups is 2. The van der Waals surface area contributed by atoms with Crippen LogP contribution in [0.3, 0.4) is 0 Å². The Morgan fingerprint density at radius 3 is 2.50 bits per heavy atom. The van der Waals surface area contributed by atoms with Gasteiger partial charge in [-0.2, -0.15) is 0 Å². The highest BCUT2D eigenvalue weighted by Crippen LogP contribution is 2.21. The van der Waals surface area contributed by atoms with Gasteiger partial charge >= 0.3 is 6.03 Å². The zero-order valence-electron chi connectivity index (χ0n) is 9.75. The molecule has 1 saturated heterocycles. The highest BCUT2D eigenvalue weighted by Gasteiger charge is 2.44. The van der Waals surface area contributed by atoms with Crippen LogP contribution in [0.5, 0.6) is 0 Å². The molecule has 1 heterocycles. The summed E-state index contributed by atoms with van der Waals surface area (Å²) in [7, 11) is 1.42. The number of ether oxygens (including phenoxy) is 1. The smallest absolute Gasteiger partial charge is 0.326 e. The van der Waals surface area contributed by atoms with Crippen molar-refractivity contribution in [3.63, 3.8) is 0 Å². The third-order valence-electron chi connectivity index (χ3n) is 2.43. The maximum atomic E-state index is 11.6. The van der Waals surface area contributed by atoms with Gasteiger partial charge < -0.3 is 14.9 Å². The molecule has 0 radical (unpaired) electrons. The molecule has 6 heteroatoms. The molecule has 0 aromatic heterocycles. The van der Waals surface area contributed by atoms with Crippen LogP contribution in [0.4, 0.5) is 4.79 Å². The van der Waals surface area contributed by atoms with Crippen molar-refractivity contribution in [3.05, 3.63) is 12.2 Å². The minimum Gasteiger partial charge on any atom is -0.369 e. The zero-order valence-corrected chi connectivity index (χ0v) is 9.75. The highest BCUT2D eigenvalue weighted by atomic mass is 16.5. The lowest BCUT2D eigenvalue weighted by molar-refractivity contribution is -0.116. The summed E-state index contributed by atoms with van der Waals surface area (Å²) in [5, 5.41) is 19.1. The van der Waals surface area contributed by atoms with Gasteiger partial charge in [0.1, 0.15) is 6.23 Å². The number of urea groups is 1. The average molecular weight is 230 g/mol. The molecule has 16 heavy (non-hydrogen) atoms. The summed E-state index contributed by atoms with van der Waals surface area (Å²) in [6, 6.07) is -0.464. The van der Waals surface area contributed by atoms with E-state index < -0.39 is 24.7 Å². The molecular formula is C10H18N2O4. The Kier molecular flexibility index (Phi) is 3.90. The van der Waals surface area contributed by atoms with E-state index in [2.05, 4.69) is 6.58 Å². The molecular weight excluding hydrogens is 212 g/mol. The van der Waals surface area contributed by atoms with Gasteiger partial charge in [0.25, 0.3) is 0 Å². The standard InChI is InChI=1S/C10H18N2O4/c1-6(2)5-16-7(3)12-9(14)8(13)11(4)10(12)15/h7-9,13-14H,1,5H2,2-4H3. The summed E-state index contributed by atoms with van der Waals surface area (Å²) in [6.45, 7) is 7.41. The third kappa shape index (κ3) is 2.34. The zero-order chi connectivity index (χ0) is 12.5. The summed E-state index contributed by atoms with van der Waals surface area (Å²) < 4.78 is 5.33. The molecule has 2 N–H and O–H groups in total. The minimum absolute atomic E-state index is 0.303. The van der Waals surface area contributed by atoms with E-state index in [-0.39, 0.29) is 0 Å². The Morgan fingerprint density at radius 2 is 2.12 bits per heavy atom. The van der Waals surface area contributed by atoms with E-state index >= 15 is 0 Å². The first-order valence-electron chi connectivity index (χ1n) is 5.03. The second-order valence-electron chi connectivity index (χ2n) is 4.00. The van der Waals surface area contributed by atoms with E-state index in [1.807, 2.05) is 0 Å². The van der Waals surface area contributed by atoms with Crippen LogP contribution in [-0.2, 0) is 4.74 Å². The van der Waals surface area contributed by atoms with Crippen molar-refractivity contribution < 1.29 is 19.7 Å². The monoisotopic (exact) mass is 230 g/mol. The Morgan fingerprint density at radius 1 is 1.56 bits per heavy atom. The molecule has 0 aromatic carbocycles. The van der Waals surface area contributed by atoms with E-state index in [4.69, 9.17) is 4.74 Å². The van der Waals surface area contributed by atoms with Crippen LogP contribution in [0.15, 0.2) is 12.2 Å². The summed E-state index contributed by atoms with van der Waals surface area (Å²) in [5.41, 5.74) is 0.821. The van der Waals surface area contributed by atoms with Gasteiger partial charge in [-0.15, -0.1) is 0 Å².